The van der Waals surface area contributed by atoms with E-state index in [0.29, 0.717) is 0 Å². The van der Waals surface area contributed by atoms with Crippen LogP contribution in [0.5, 0.6) is 0 Å². The Morgan fingerprint density at radius 1 is 1.09 bits per heavy atom. The summed E-state index contributed by atoms with van der Waals surface area (Å²) in [5, 5.41) is 9.19. The molecule has 0 unspecified atom stereocenters. The molecule has 5 nitrogen and oxygen atoms in total. The molecule has 1 saturated heterocycles. The Morgan fingerprint density at radius 2 is 1.91 bits per heavy atom. The normalized spacial score (nSPS) is 14.9. The highest BCUT2D eigenvalue weighted by atomic mass is 32.1. The smallest absolute Gasteiger partial charge is 0.187 e. The number of benzene rings is 1. The number of morpholine rings is 1. The Bertz CT molecular complexity index is 749. The van der Waals surface area contributed by atoms with Crippen molar-refractivity contribution in [2.45, 2.75) is 0 Å². The van der Waals surface area contributed by atoms with Crippen molar-refractivity contribution in [3.05, 3.63) is 41.2 Å². The maximum atomic E-state index is 5.39. The monoisotopic (exact) mass is 344 g/mol. The molecule has 1 aliphatic rings. The van der Waals surface area contributed by atoms with Crippen molar-refractivity contribution < 1.29 is 4.74 Å². The lowest BCUT2D eigenvalue weighted by Crippen LogP contribution is -2.36. The molecule has 1 aromatic carbocycles. The summed E-state index contributed by atoms with van der Waals surface area (Å²) in [6.07, 6.45) is 1.80. The third-order valence-corrected chi connectivity index (χ3v) is 5.20. The first-order valence-corrected chi connectivity index (χ1v) is 9.19. The lowest BCUT2D eigenvalue weighted by Gasteiger charge is -2.28. The van der Waals surface area contributed by atoms with E-state index >= 15 is 0 Å². The second-order valence-corrected chi connectivity index (χ2v) is 6.90. The fraction of sp³-hybridized carbons (Fsp3) is 0.250. The largest absolute Gasteiger partial charge is 0.378 e. The average molecular weight is 344 g/mol. The van der Waals surface area contributed by atoms with E-state index in [1.54, 1.807) is 28.9 Å². The molecule has 0 spiro atoms. The molecule has 0 saturated carbocycles. The molecule has 7 heteroatoms. The van der Waals surface area contributed by atoms with E-state index in [0.717, 1.165) is 47.8 Å². The Balaban J connectivity index is 1.44. The van der Waals surface area contributed by atoms with Gasteiger partial charge in [0.1, 0.15) is 10.7 Å². The van der Waals surface area contributed by atoms with Crippen LogP contribution in [0, 0.1) is 0 Å². The first-order chi connectivity index (χ1) is 11.4. The highest BCUT2D eigenvalue weighted by Gasteiger charge is 2.11. The number of rotatable bonds is 4. The van der Waals surface area contributed by atoms with Crippen molar-refractivity contribution in [2.75, 3.05) is 36.5 Å². The number of thiazole rings is 2. The standard InChI is InChI=1S/C16H16N4OS2/c1-3-13(20-6-8-21-9-7-20)4-2-12(1)18-16-19-14(11-23-16)15-17-5-10-22-15/h1-5,10-11H,6-9H2,(H,18,19). The van der Waals surface area contributed by atoms with Crippen LogP contribution < -0.4 is 10.2 Å². The molecule has 3 heterocycles. The molecule has 0 radical (unpaired) electrons. The van der Waals surface area contributed by atoms with Gasteiger partial charge in [-0.2, -0.15) is 0 Å². The third-order valence-electron chi connectivity index (χ3n) is 3.65. The maximum Gasteiger partial charge on any atom is 0.187 e. The second-order valence-electron chi connectivity index (χ2n) is 5.15. The quantitative estimate of drug-likeness (QED) is 0.779. The molecule has 0 bridgehead atoms. The minimum Gasteiger partial charge on any atom is -0.378 e. The summed E-state index contributed by atoms with van der Waals surface area (Å²) in [4.78, 5) is 11.2. The van der Waals surface area contributed by atoms with Gasteiger partial charge in [0.05, 0.1) is 13.2 Å². The van der Waals surface area contributed by atoms with Crippen molar-refractivity contribution in [3.8, 4) is 10.7 Å². The number of aromatic nitrogens is 2. The second kappa shape index (κ2) is 6.66. The van der Waals surface area contributed by atoms with Gasteiger partial charge >= 0.3 is 0 Å². The van der Waals surface area contributed by atoms with E-state index in [4.69, 9.17) is 4.74 Å². The SMILES string of the molecule is c1csc(-c2csc(Nc3ccc(N4CCOCC4)cc3)n2)n1. The number of nitrogens with one attached hydrogen (secondary N) is 1. The molecular formula is C16H16N4OS2. The highest BCUT2D eigenvalue weighted by molar-refractivity contribution is 7.15. The lowest BCUT2D eigenvalue weighted by molar-refractivity contribution is 0.122. The minimum absolute atomic E-state index is 0.804. The zero-order valence-electron chi connectivity index (χ0n) is 12.4. The van der Waals surface area contributed by atoms with Crippen LogP contribution in [0.3, 0.4) is 0 Å². The summed E-state index contributed by atoms with van der Waals surface area (Å²) in [5.41, 5.74) is 3.21. The predicted molar refractivity (Wildman–Crippen MR) is 96.0 cm³/mol. The van der Waals surface area contributed by atoms with Crippen LogP contribution in [-0.2, 0) is 4.74 Å². The molecule has 3 aromatic rings. The van der Waals surface area contributed by atoms with Crippen LogP contribution in [0.2, 0.25) is 0 Å². The van der Waals surface area contributed by atoms with Gasteiger partial charge in [-0.15, -0.1) is 22.7 Å². The molecule has 23 heavy (non-hydrogen) atoms. The van der Waals surface area contributed by atoms with Crippen molar-refractivity contribution in [3.63, 3.8) is 0 Å². The highest BCUT2D eigenvalue weighted by Crippen LogP contribution is 2.29. The van der Waals surface area contributed by atoms with Crippen LogP contribution in [0.25, 0.3) is 10.7 Å². The molecule has 1 aliphatic heterocycles. The Hall–Kier alpha value is -1.96. The predicted octanol–water partition coefficient (Wildman–Crippen LogP) is 3.85. The molecule has 0 aliphatic carbocycles. The summed E-state index contributed by atoms with van der Waals surface area (Å²) < 4.78 is 5.39. The van der Waals surface area contributed by atoms with E-state index < -0.39 is 0 Å². The number of ether oxygens (including phenoxy) is 1. The Morgan fingerprint density at radius 3 is 2.65 bits per heavy atom. The first kappa shape index (κ1) is 14.6. The number of hydrogen-bond donors (Lipinski definition) is 1. The molecule has 118 valence electrons. The summed E-state index contributed by atoms with van der Waals surface area (Å²) in [6, 6.07) is 8.47. The zero-order valence-corrected chi connectivity index (χ0v) is 14.1. The Labute approximate surface area is 142 Å². The topological polar surface area (TPSA) is 50.3 Å². The molecule has 2 aromatic heterocycles. The van der Waals surface area contributed by atoms with E-state index in [2.05, 4.69) is 44.5 Å². The first-order valence-electron chi connectivity index (χ1n) is 7.44. The van der Waals surface area contributed by atoms with Gasteiger partial charge in [-0.1, -0.05) is 0 Å². The van der Waals surface area contributed by atoms with Crippen LogP contribution in [0.15, 0.2) is 41.2 Å². The molecule has 0 atom stereocenters. The van der Waals surface area contributed by atoms with Gasteiger partial charge < -0.3 is 15.0 Å². The van der Waals surface area contributed by atoms with E-state index in [1.165, 1.54) is 5.69 Å². The van der Waals surface area contributed by atoms with Crippen LogP contribution in [0.1, 0.15) is 0 Å². The van der Waals surface area contributed by atoms with Gasteiger partial charge in [-0.05, 0) is 24.3 Å². The zero-order chi connectivity index (χ0) is 15.5. The fourth-order valence-electron chi connectivity index (χ4n) is 2.48. The molecule has 4 rings (SSSR count). The summed E-state index contributed by atoms with van der Waals surface area (Å²) in [7, 11) is 0. The van der Waals surface area contributed by atoms with Crippen molar-refractivity contribution in [1.82, 2.24) is 9.97 Å². The van der Waals surface area contributed by atoms with Gasteiger partial charge in [-0.3, -0.25) is 0 Å². The third kappa shape index (κ3) is 3.36. The van der Waals surface area contributed by atoms with Crippen molar-refractivity contribution >= 4 is 39.2 Å². The van der Waals surface area contributed by atoms with Gasteiger partial charge in [0.2, 0.25) is 0 Å². The molecule has 1 N–H and O–H groups in total. The number of anilines is 3. The number of hydrogen-bond acceptors (Lipinski definition) is 7. The maximum absolute atomic E-state index is 5.39. The summed E-state index contributed by atoms with van der Waals surface area (Å²) in [6.45, 7) is 3.52. The van der Waals surface area contributed by atoms with E-state index in [-0.39, 0.29) is 0 Å². The van der Waals surface area contributed by atoms with E-state index in [9.17, 15) is 0 Å². The van der Waals surface area contributed by atoms with E-state index in [1.807, 2.05) is 10.8 Å². The van der Waals surface area contributed by atoms with Gasteiger partial charge in [-0.25, -0.2) is 9.97 Å². The number of nitrogens with zero attached hydrogens (tertiary/aromatic N) is 3. The van der Waals surface area contributed by atoms with Gasteiger partial charge in [0.15, 0.2) is 5.13 Å². The molecule has 0 amide bonds. The van der Waals surface area contributed by atoms with Gasteiger partial charge in [0, 0.05) is 41.4 Å². The van der Waals surface area contributed by atoms with Crippen LogP contribution in [-0.4, -0.2) is 36.3 Å². The molecule has 1 fully saturated rings. The minimum atomic E-state index is 0.804. The fourth-order valence-corrected chi connectivity index (χ4v) is 3.87. The van der Waals surface area contributed by atoms with Crippen molar-refractivity contribution in [1.29, 1.82) is 0 Å². The summed E-state index contributed by atoms with van der Waals surface area (Å²) in [5.74, 6) is 0. The summed E-state index contributed by atoms with van der Waals surface area (Å²) >= 11 is 3.20. The van der Waals surface area contributed by atoms with Crippen LogP contribution >= 0.6 is 22.7 Å². The average Bonchev–Trinajstić information content (AvgIpc) is 3.28. The Kier molecular flexibility index (Phi) is 4.23. The van der Waals surface area contributed by atoms with Crippen LogP contribution in [0.4, 0.5) is 16.5 Å². The van der Waals surface area contributed by atoms with Crippen molar-refractivity contribution in [2.24, 2.45) is 0 Å². The van der Waals surface area contributed by atoms with Gasteiger partial charge in [0.25, 0.3) is 0 Å². The molecular weight excluding hydrogens is 328 g/mol. The lowest BCUT2D eigenvalue weighted by atomic mass is 10.2.